The molecule has 0 saturated heterocycles. The number of esters is 1. The van der Waals surface area contributed by atoms with Crippen molar-refractivity contribution < 1.29 is 40.5 Å². The van der Waals surface area contributed by atoms with Crippen LogP contribution in [0.15, 0.2) is 48.5 Å². The third-order valence-corrected chi connectivity index (χ3v) is 7.08. The van der Waals surface area contributed by atoms with Crippen LogP contribution in [0, 0.1) is 0 Å². The Morgan fingerprint density at radius 1 is 0.784 bits per heavy atom. The lowest BCUT2D eigenvalue weighted by molar-refractivity contribution is -0.923. The zero-order valence-electron chi connectivity index (χ0n) is 23.1. The van der Waals surface area contributed by atoms with E-state index in [1.54, 1.807) is 30.3 Å². The normalized spacial score (nSPS) is 10.9. The van der Waals surface area contributed by atoms with Crippen LogP contribution in [0.4, 0.5) is 5.69 Å². The highest BCUT2D eigenvalue weighted by atomic mass is 79.9. The Kier molecular flexibility index (Phi) is 15.9. The van der Waals surface area contributed by atoms with Gasteiger partial charge in [0, 0.05) is 5.69 Å². The maximum Gasteiger partial charge on any atom is 0.338 e. The monoisotopic (exact) mass is 576 g/mol. The first-order valence-corrected chi connectivity index (χ1v) is 13.6. The van der Waals surface area contributed by atoms with Crippen molar-refractivity contribution in [3.63, 3.8) is 0 Å². The highest BCUT2D eigenvalue weighted by Crippen LogP contribution is 2.21. The largest absolute Gasteiger partial charge is 1.00 e. The SMILES string of the molecule is CCCCCCCCOc1ccccc1C(=O)Nc1ccc(C(=O)OCC[N+](CC)(CC)CC)cc1.[Br-]. The minimum absolute atomic E-state index is 0. The molecule has 2 aromatic rings. The molecule has 0 atom stereocenters. The average Bonchev–Trinajstić information content (AvgIpc) is 2.91. The van der Waals surface area contributed by atoms with Gasteiger partial charge >= 0.3 is 5.97 Å². The van der Waals surface area contributed by atoms with Crippen molar-refractivity contribution in [2.75, 3.05) is 44.7 Å². The molecule has 0 aliphatic rings. The Labute approximate surface area is 234 Å². The third kappa shape index (κ3) is 10.9. The lowest BCUT2D eigenvalue weighted by Crippen LogP contribution is -3.00. The van der Waals surface area contributed by atoms with E-state index in [2.05, 4.69) is 33.0 Å². The molecule has 0 aliphatic carbocycles. The third-order valence-electron chi connectivity index (χ3n) is 7.08. The smallest absolute Gasteiger partial charge is 0.338 e. The van der Waals surface area contributed by atoms with E-state index in [0.29, 0.717) is 35.8 Å². The second-order valence-corrected chi connectivity index (χ2v) is 9.29. The molecule has 0 spiro atoms. The maximum absolute atomic E-state index is 12.9. The predicted octanol–water partition coefficient (Wildman–Crippen LogP) is 3.72. The fraction of sp³-hybridized carbons (Fsp3) is 0.533. The summed E-state index contributed by atoms with van der Waals surface area (Å²) >= 11 is 0. The number of para-hydroxylation sites is 1. The Morgan fingerprint density at radius 3 is 2.05 bits per heavy atom. The molecule has 0 fully saturated rings. The van der Waals surface area contributed by atoms with Crippen LogP contribution in [0.2, 0.25) is 0 Å². The summed E-state index contributed by atoms with van der Waals surface area (Å²) in [4.78, 5) is 25.4. The molecule has 1 N–H and O–H groups in total. The molecule has 0 unspecified atom stereocenters. The second kappa shape index (κ2) is 18.0. The van der Waals surface area contributed by atoms with Crippen molar-refractivity contribution in [3.05, 3.63) is 59.7 Å². The van der Waals surface area contributed by atoms with E-state index in [0.717, 1.165) is 43.5 Å². The first kappa shape index (κ1) is 32.6. The van der Waals surface area contributed by atoms with Crippen molar-refractivity contribution in [1.82, 2.24) is 0 Å². The summed E-state index contributed by atoms with van der Waals surface area (Å²) in [7, 11) is 0. The first-order chi connectivity index (χ1) is 17.5. The Balaban J connectivity index is 0.00000684. The molecule has 0 heterocycles. The number of anilines is 1. The van der Waals surface area contributed by atoms with E-state index in [1.807, 2.05) is 18.2 Å². The summed E-state index contributed by atoms with van der Waals surface area (Å²) in [5, 5.41) is 2.90. The number of nitrogens with zero attached hydrogens (tertiary/aromatic N) is 1. The number of amides is 1. The average molecular weight is 578 g/mol. The van der Waals surface area contributed by atoms with Crippen molar-refractivity contribution in [3.8, 4) is 5.75 Å². The standard InChI is InChI=1S/C30H44N2O4.BrH/c1-5-9-10-11-12-15-23-35-28-17-14-13-16-27(28)29(33)31-26-20-18-25(19-21-26)30(34)36-24-22-32(6-2,7-3)8-4;/h13-14,16-21H,5-12,15,22-24H2,1-4H3;1H. The highest BCUT2D eigenvalue weighted by molar-refractivity contribution is 6.06. The number of hydrogen-bond acceptors (Lipinski definition) is 4. The summed E-state index contributed by atoms with van der Waals surface area (Å²) in [6.45, 7) is 13.6. The number of carbonyl (C=O) groups is 2. The number of benzene rings is 2. The van der Waals surface area contributed by atoms with Gasteiger partial charge in [-0.2, -0.15) is 0 Å². The van der Waals surface area contributed by atoms with Crippen LogP contribution >= 0.6 is 0 Å². The Bertz CT molecular complexity index is 921. The number of ether oxygens (including phenoxy) is 2. The summed E-state index contributed by atoms with van der Waals surface area (Å²) in [6, 6.07) is 14.1. The molecule has 206 valence electrons. The van der Waals surface area contributed by atoms with Gasteiger partial charge in [0.05, 0.1) is 37.4 Å². The number of rotatable bonds is 17. The molecular weight excluding hydrogens is 532 g/mol. The molecule has 0 aromatic heterocycles. The number of unbranched alkanes of at least 4 members (excludes halogenated alkanes) is 5. The molecule has 6 nitrogen and oxygen atoms in total. The second-order valence-electron chi connectivity index (χ2n) is 9.29. The van der Waals surface area contributed by atoms with Gasteiger partial charge in [0.1, 0.15) is 18.9 Å². The number of hydrogen-bond donors (Lipinski definition) is 1. The molecular formula is C30H45BrN2O4. The van der Waals surface area contributed by atoms with E-state index in [1.165, 1.54) is 25.7 Å². The van der Waals surface area contributed by atoms with Gasteiger partial charge in [-0.25, -0.2) is 4.79 Å². The lowest BCUT2D eigenvalue weighted by Gasteiger charge is -2.35. The van der Waals surface area contributed by atoms with Crippen LogP contribution in [-0.4, -0.2) is 55.8 Å². The summed E-state index contributed by atoms with van der Waals surface area (Å²) in [6.07, 6.45) is 7.12. The van der Waals surface area contributed by atoms with Crippen LogP contribution in [0.3, 0.4) is 0 Å². The minimum atomic E-state index is -0.345. The van der Waals surface area contributed by atoms with Gasteiger partial charge in [0.15, 0.2) is 0 Å². The van der Waals surface area contributed by atoms with E-state index < -0.39 is 0 Å². The number of carbonyl (C=O) groups excluding carboxylic acids is 2. The van der Waals surface area contributed by atoms with Gasteiger partial charge < -0.3 is 36.3 Å². The molecule has 2 rings (SSSR count). The number of likely N-dealkylation sites (N-methyl/N-ethyl adjacent to an activating group) is 1. The van der Waals surface area contributed by atoms with Crippen molar-refractivity contribution in [1.29, 1.82) is 0 Å². The summed E-state index contributed by atoms with van der Waals surface area (Å²) in [5.41, 5.74) is 1.58. The number of halogens is 1. The van der Waals surface area contributed by atoms with Gasteiger partial charge in [-0.1, -0.05) is 51.2 Å². The number of nitrogens with one attached hydrogen (secondary N) is 1. The molecule has 37 heavy (non-hydrogen) atoms. The van der Waals surface area contributed by atoms with E-state index >= 15 is 0 Å². The van der Waals surface area contributed by atoms with Gasteiger partial charge in [-0.05, 0) is 63.6 Å². The predicted molar refractivity (Wildman–Crippen MR) is 147 cm³/mol. The van der Waals surface area contributed by atoms with Crippen LogP contribution in [0.1, 0.15) is 86.9 Å². The van der Waals surface area contributed by atoms with Crippen LogP contribution < -0.4 is 27.0 Å². The molecule has 0 aliphatic heterocycles. The quantitative estimate of drug-likeness (QED) is 0.177. The van der Waals surface area contributed by atoms with Crippen molar-refractivity contribution in [2.45, 2.75) is 66.2 Å². The molecule has 2 aromatic carbocycles. The van der Waals surface area contributed by atoms with Crippen molar-refractivity contribution >= 4 is 17.6 Å². The van der Waals surface area contributed by atoms with E-state index in [-0.39, 0.29) is 28.9 Å². The lowest BCUT2D eigenvalue weighted by atomic mass is 10.1. The van der Waals surface area contributed by atoms with Gasteiger partial charge in [0.25, 0.3) is 5.91 Å². The first-order valence-electron chi connectivity index (χ1n) is 13.6. The fourth-order valence-electron chi connectivity index (χ4n) is 4.29. The van der Waals surface area contributed by atoms with Crippen LogP contribution in [0.5, 0.6) is 5.75 Å². The number of quaternary nitrogens is 1. The molecule has 1 amide bonds. The maximum atomic E-state index is 12.9. The fourth-order valence-corrected chi connectivity index (χ4v) is 4.29. The van der Waals surface area contributed by atoms with E-state index in [9.17, 15) is 9.59 Å². The van der Waals surface area contributed by atoms with Gasteiger partial charge in [-0.3, -0.25) is 4.79 Å². The van der Waals surface area contributed by atoms with Gasteiger partial charge in [-0.15, -0.1) is 0 Å². The Hall–Kier alpha value is -2.38. The summed E-state index contributed by atoms with van der Waals surface area (Å²) in [5.74, 6) is 0.00359. The van der Waals surface area contributed by atoms with E-state index in [4.69, 9.17) is 9.47 Å². The summed E-state index contributed by atoms with van der Waals surface area (Å²) < 4.78 is 12.4. The minimum Gasteiger partial charge on any atom is -1.00 e. The Morgan fingerprint density at radius 2 is 1.41 bits per heavy atom. The van der Waals surface area contributed by atoms with Crippen molar-refractivity contribution in [2.24, 2.45) is 0 Å². The molecule has 0 radical (unpaired) electrons. The highest BCUT2D eigenvalue weighted by Gasteiger charge is 2.21. The topological polar surface area (TPSA) is 64.6 Å². The van der Waals surface area contributed by atoms with Gasteiger partial charge in [0.2, 0.25) is 0 Å². The van der Waals surface area contributed by atoms with Crippen LogP contribution in [-0.2, 0) is 4.74 Å². The molecule has 7 heteroatoms. The zero-order chi connectivity index (χ0) is 26.2. The van der Waals surface area contributed by atoms with Crippen LogP contribution in [0.25, 0.3) is 0 Å². The molecule has 0 saturated carbocycles. The zero-order valence-corrected chi connectivity index (χ0v) is 24.6. The molecule has 0 bridgehead atoms.